The molecule has 17 heavy (non-hydrogen) atoms. The van der Waals surface area contributed by atoms with Gasteiger partial charge in [0.05, 0.1) is 8.81 Å². The second-order valence-electron chi connectivity index (χ2n) is 3.73. The summed E-state index contributed by atoms with van der Waals surface area (Å²) >= 11 is 10.5. The van der Waals surface area contributed by atoms with Crippen molar-refractivity contribution < 1.29 is 9.50 Å². The first-order valence-corrected chi connectivity index (χ1v) is 6.86. The lowest BCUT2D eigenvalue weighted by molar-refractivity contribution is 0.223. The second-order valence-corrected chi connectivity index (χ2v) is 6.54. The summed E-state index contributed by atoms with van der Waals surface area (Å²) in [4.78, 5) is 0.687. The van der Waals surface area contributed by atoms with E-state index in [1.54, 1.807) is 19.1 Å². The minimum atomic E-state index is -0.849. The van der Waals surface area contributed by atoms with E-state index in [0.717, 1.165) is 9.35 Å². The number of hydrogen-bond donors (Lipinski definition) is 1. The molecule has 1 N–H and O–H groups in total. The van der Waals surface area contributed by atoms with E-state index in [-0.39, 0.29) is 5.82 Å². The number of aliphatic hydroxyl groups excluding tert-OH is 1. The van der Waals surface area contributed by atoms with E-state index >= 15 is 0 Å². The Balaban J connectivity index is 2.39. The van der Waals surface area contributed by atoms with E-state index in [1.165, 1.54) is 23.5 Å². The van der Waals surface area contributed by atoms with Crippen molar-refractivity contribution in [1.29, 1.82) is 0 Å². The van der Waals surface area contributed by atoms with Crippen LogP contribution in [-0.4, -0.2) is 5.11 Å². The van der Waals surface area contributed by atoms with Crippen LogP contribution in [0.25, 0.3) is 0 Å². The number of thiophene rings is 1. The number of benzene rings is 1. The summed E-state index contributed by atoms with van der Waals surface area (Å²) in [7, 11) is 0. The van der Waals surface area contributed by atoms with Crippen molar-refractivity contribution in [3.05, 3.63) is 54.9 Å². The van der Waals surface area contributed by atoms with Gasteiger partial charge in [-0.2, -0.15) is 0 Å². The maximum atomic E-state index is 13.2. The highest BCUT2D eigenvalue weighted by Crippen LogP contribution is 2.37. The van der Waals surface area contributed by atoms with Gasteiger partial charge in [0.25, 0.3) is 0 Å². The molecular weight excluding hydrogens is 327 g/mol. The van der Waals surface area contributed by atoms with Crippen LogP contribution in [0.4, 0.5) is 4.39 Å². The van der Waals surface area contributed by atoms with Crippen molar-refractivity contribution in [2.24, 2.45) is 0 Å². The highest BCUT2D eigenvalue weighted by molar-refractivity contribution is 9.11. The van der Waals surface area contributed by atoms with Crippen molar-refractivity contribution in [3.63, 3.8) is 0 Å². The fraction of sp³-hybridized carbons (Fsp3) is 0.167. The summed E-state index contributed by atoms with van der Waals surface area (Å²) in [5.41, 5.74) is 1.31. The van der Waals surface area contributed by atoms with E-state index < -0.39 is 6.10 Å². The van der Waals surface area contributed by atoms with Crippen LogP contribution < -0.4 is 0 Å². The largest absolute Gasteiger partial charge is 0.383 e. The van der Waals surface area contributed by atoms with E-state index in [0.29, 0.717) is 15.5 Å². The summed E-state index contributed by atoms with van der Waals surface area (Å²) in [6.45, 7) is 1.79. The molecule has 0 saturated heterocycles. The first kappa shape index (κ1) is 13.0. The molecule has 1 nitrogen and oxygen atoms in total. The molecule has 5 heteroatoms. The molecule has 0 spiro atoms. The lowest BCUT2D eigenvalue weighted by atomic mass is 10.1. The van der Waals surface area contributed by atoms with Crippen LogP contribution in [0.5, 0.6) is 0 Å². The van der Waals surface area contributed by atoms with Crippen LogP contribution in [0, 0.1) is 12.7 Å². The first-order chi connectivity index (χ1) is 7.97. The molecule has 0 aliphatic rings. The lowest BCUT2D eigenvalue weighted by Crippen LogP contribution is -1.98. The molecular formula is C12H9BrClFOS. The molecule has 0 bridgehead atoms. The molecule has 0 aliphatic heterocycles. The number of halogens is 3. The zero-order valence-corrected chi connectivity index (χ0v) is 12.0. The Hall–Kier alpha value is -0.420. The summed E-state index contributed by atoms with van der Waals surface area (Å²) < 4.78 is 14.0. The van der Waals surface area contributed by atoms with Gasteiger partial charge in [-0.3, -0.25) is 0 Å². The summed E-state index contributed by atoms with van der Waals surface area (Å²) in [6.07, 6.45) is -0.849. The summed E-state index contributed by atoms with van der Waals surface area (Å²) in [6, 6.07) is 6.20. The lowest BCUT2D eigenvalue weighted by Gasteiger charge is -2.09. The normalized spacial score (nSPS) is 12.8. The molecule has 1 unspecified atom stereocenters. The highest BCUT2D eigenvalue weighted by atomic mass is 79.9. The molecule has 1 heterocycles. The quantitative estimate of drug-likeness (QED) is 0.844. The van der Waals surface area contributed by atoms with Crippen LogP contribution >= 0.6 is 38.9 Å². The maximum absolute atomic E-state index is 13.2. The summed E-state index contributed by atoms with van der Waals surface area (Å²) in [5, 5.41) is 10.7. The molecule has 0 saturated carbocycles. The van der Waals surface area contributed by atoms with Crippen molar-refractivity contribution in [1.82, 2.24) is 0 Å². The van der Waals surface area contributed by atoms with Crippen LogP contribution in [0.1, 0.15) is 22.1 Å². The van der Waals surface area contributed by atoms with Gasteiger partial charge in [-0.15, -0.1) is 11.3 Å². The average molecular weight is 336 g/mol. The van der Waals surface area contributed by atoms with Crippen molar-refractivity contribution in [2.75, 3.05) is 0 Å². The molecule has 1 aromatic carbocycles. The fourth-order valence-electron chi connectivity index (χ4n) is 1.58. The van der Waals surface area contributed by atoms with E-state index in [4.69, 9.17) is 11.6 Å². The molecule has 2 rings (SSSR count). The van der Waals surface area contributed by atoms with Crippen LogP contribution in [0.3, 0.4) is 0 Å². The topological polar surface area (TPSA) is 20.2 Å². The van der Waals surface area contributed by atoms with Crippen LogP contribution in [0.15, 0.2) is 28.1 Å². The Kier molecular flexibility index (Phi) is 3.88. The highest BCUT2D eigenvalue weighted by Gasteiger charge is 2.16. The molecule has 90 valence electrons. The first-order valence-electron chi connectivity index (χ1n) is 4.87. The standard InChI is InChI=1S/C12H9BrClFOS/c1-6-2-7(4-8(15)3-6)11(16)10-5-9(14)12(13)17-10/h2-5,11,16H,1H3. The van der Waals surface area contributed by atoms with E-state index in [9.17, 15) is 9.50 Å². The SMILES string of the molecule is Cc1cc(F)cc(C(O)c2cc(Cl)c(Br)s2)c1. The Bertz CT molecular complexity index is 516. The van der Waals surface area contributed by atoms with Gasteiger partial charge < -0.3 is 5.11 Å². The molecule has 0 aliphatic carbocycles. The number of rotatable bonds is 2. The zero-order chi connectivity index (χ0) is 12.6. The number of hydrogen-bond acceptors (Lipinski definition) is 2. The van der Waals surface area contributed by atoms with E-state index in [1.807, 2.05) is 0 Å². The Labute approximate surface area is 116 Å². The molecule has 2 aromatic rings. The monoisotopic (exact) mass is 334 g/mol. The Morgan fingerprint density at radius 1 is 1.35 bits per heavy atom. The van der Waals surface area contributed by atoms with Crippen LogP contribution in [0.2, 0.25) is 5.02 Å². The zero-order valence-electron chi connectivity index (χ0n) is 8.88. The Morgan fingerprint density at radius 2 is 2.06 bits per heavy atom. The van der Waals surface area contributed by atoms with Gasteiger partial charge in [-0.1, -0.05) is 17.7 Å². The van der Waals surface area contributed by atoms with Crippen molar-refractivity contribution in [3.8, 4) is 0 Å². The molecule has 0 fully saturated rings. The minimum Gasteiger partial charge on any atom is -0.383 e. The predicted molar refractivity (Wildman–Crippen MR) is 72.2 cm³/mol. The smallest absolute Gasteiger partial charge is 0.123 e. The number of aryl methyl sites for hydroxylation is 1. The predicted octanol–water partition coefficient (Wildman–Crippen LogP) is 4.69. The van der Waals surface area contributed by atoms with Gasteiger partial charge in [0.2, 0.25) is 0 Å². The molecule has 0 radical (unpaired) electrons. The van der Waals surface area contributed by atoms with Gasteiger partial charge in [0.1, 0.15) is 11.9 Å². The molecule has 1 aromatic heterocycles. The van der Waals surface area contributed by atoms with Gasteiger partial charge in [-0.05, 0) is 52.2 Å². The van der Waals surface area contributed by atoms with Gasteiger partial charge in [0.15, 0.2) is 0 Å². The van der Waals surface area contributed by atoms with Gasteiger partial charge in [0, 0.05) is 4.88 Å². The average Bonchev–Trinajstić information content (AvgIpc) is 2.57. The fourth-order valence-corrected chi connectivity index (χ4v) is 3.35. The van der Waals surface area contributed by atoms with E-state index in [2.05, 4.69) is 15.9 Å². The van der Waals surface area contributed by atoms with Gasteiger partial charge in [-0.25, -0.2) is 4.39 Å². The van der Waals surface area contributed by atoms with Crippen molar-refractivity contribution in [2.45, 2.75) is 13.0 Å². The maximum Gasteiger partial charge on any atom is 0.123 e. The van der Waals surface area contributed by atoms with Crippen molar-refractivity contribution >= 4 is 38.9 Å². The third kappa shape index (κ3) is 2.88. The molecule has 0 amide bonds. The number of aliphatic hydroxyl groups is 1. The minimum absolute atomic E-state index is 0.347. The van der Waals surface area contributed by atoms with Crippen LogP contribution in [-0.2, 0) is 0 Å². The van der Waals surface area contributed by atoms with Gasteiger partial charge >= 0.3 is 0 Å². The molecule has 1 atom stereocenters. The third-order valence-electron chi connectivity index (χ3n) is 2.31. The Morgan fingerprint density at radius 3 is 2.59 bits per heavy atom. The second kappa shape index (κ2) is 5.06. The third-order valence-corrected chi connectivity index (χ3v) is 4.84. The summed E-state index contributed by atoms with van der Waals surface area (Å²) in [5.74, 6) is -0.347.